The lowest BCUT2D eigenvalue weighted by Gasteiger charge is -2.19. The van der Waals surface area contributed by atoms with Gasteiger partial charge in [0.2, 0.25) is 0 Å². The summed E-state index contributed by atoms with van der Waals surface area (Å²) in [6.45, 7) is 6.57. The van der Waals surface area contributed by atoms with E-state index in [9.17, 15) is 0 Å². The molecular weight excluding hydrogens is 184 g/mol. The maximum atomic E-state index is 6.22. The van der Waals surface area contributed by atoms with Crippen molar-refractivity contribution in [3.63, 3.8) is 0 Å². The Bertz CT molecular complexity index is 276. The lowest BCUT2D eigenvalue weighted by atomic mass is 10.0. The molecule has 72 valence electrons. The van der Waals surface area contributed by atoms with Gasteiger partial charge in [-0.1, -0.05) is 18.2 Å². The molecule has 0 bridgehead atoms. The molecule has 0 aliphatic heterocycles. The number of alkyl halides is 1. The molecule has 0 amide bonds. The van der Waals surface area contributed by atoms with Gasteiger partial charge in [0.1, 0.15) is 5.75 Å². The summed E-state index contributed by atoms with van der Waals surface area (Å²) in [6, 6.07) is 7.88. The number of hydrogen-bond acceptors (Lipinski definition) is 1. The van der Waals surface area contributed by atoms with Crippen LogP contribution in [-0.2, 0) is 4.87 Å². The molecule has 2 heteroatoms. The number of ether oxygens (including phenoxy) is 1. The summed E-state index contributed by atoms with van der Waals surface area (Å²) in [4.78, 5) is -0.369. The molecule has 1 nitrogen and oxygen atoms in total. The molecule has 0 unspecified atom stereocenters. The molecule has 0 N–H and O–H groups in total. The van der Waals surface area contributed by atoms with E-state index in [0.29, 0.717) is 6.61 Å². The first kappa shape index (κ1) is 10.4. The van der Waals surface area contributed by atoms with Crippen LogP contribution in [0.4, 0.5) is 0 Å². The third-order valence-corrected chi connectivity index (χ3v) is 2.03. The third kappa shape index (κ3) is 2.63. The summed E-state index contributed by atoms with van der Waals surface area (Å²) in [6.07, 6.45) is 0. The zero-order chi connectivity index (χ0) is 9.90. The van der Waals surface area contributed by atoms with Gasteiger partial charge >= 0.3 is 0 Å². The first-order valence-corrected chi connectivity index (χ1v) is 4.84. The Morgan fingerprint density at radius 1 is 1.31 bits per heavy atom. The molecule has 0 spiro atoms. The Hall–Kier alpha value is -0.690. The molecule has 0 aliphatic rings. The van der Waals surface area contributed by atoms with Crippen molar-refractivity contribution in [1.82, 2.24) is 0 Å². The Balaban J connectivity index is 3.05. The second kappa shape index (κ2) is 4.01. The molecule has 0 heterocycles. The highest BCUT2D eigenvalue weighted by Gasteiger charge is 2.20. The molecule has 1 rings (SSSR count). The summed E-state index contributed by atoms with van der Waals surface area (Å²) in [5.74, 6) is 0.880. The number of halogens is 1. The SMILES string of the molecule is CCOc1ccccc1C(C)(C)Cl. The molecule has 0 aliphatic carbocycles. The van der Waals surface area contributed by atoms with E-state index < -0.39 is 0 Å². The minimum Gasteiger partial charge on any atom is -0.494 e. The highest BCUT2D eigenvalue weighted by Crippen LogP contribution is 2.34. The normalized spacial score (nSPS) is 11.4. The fourth-order valence-electron chi connectivity index (χ4n) is 1.24. The highest BCUT2D eigenvalue weighted by atomic mass is 35.5. The van der Waals surface area contributed by atoms with Crippen molar-refractivity contribution in [2.75, 3.05) is 6.61 Å². The van der Waals surface area contributed by atoms with Crippen LogP contribution in [0.2, 0.25) is 0 Å². The van der Waals surface area contributed by atoms with E-state index in [0.717, 1.165) is 11.3 Å². The van der Waals surface area contributed by atoms with Crippen molar-refractivity contribution < 1.29 is 4.74 Å². The van der Waals surface area contributed by atoms with Crippen molar-refractivity contribution in [2.24, 2.45) is 0 Å². The fraction of sp³-hybridized carbons (Fsp3) is 0.455. The van der Waals surface area contributed by atoms with Crippen LogP contribution in [0.25, 0.3) is 0 Å². The van der Waals surface area contributed by atoms with Crippen LogP contribution in [0, 0.1) is 0 Å². The maximum Gasteiger partial charge on any atom is 0.124 e. The summed E-state index contributed by atoms with van der Waals surface area (Å²) in [5.41, 5.74) is 1.04. The zero-order valence-electron chi connectivity index (χ0n) is 8.30. The summed E-state index contributed by atoms with van der Waals surface area (Å²) in [7, 11) is 0. The summed E-state index contributed by atoms with van der Waals surface area (Å²) < 4.78 is 5.48. The molecule has 1 aromatic rings. The Kier molecular flexibility index (Phi) is 3.21. The highest BCUT2D eigenvalue weighted by molar-refractivity contribution is 6.23. The second-order valence-electron chi connectivity index (χ2n) is 3.40. The Labute approximate surface area is 84.7 Å². The standard InChI is InChI=1S/C11H15ClO/c1-4-13-10-8-6-5-7-9(10)11(2,3)12/h5-8H,4H2,1-3H3. The average molecular weight is 199 g/mol. The summed E-state index contributed by atoms with van der Waals surface area (Å²) in [5, 5.41) is 0. The monoisotopic (exact) mass is 198 g/mol. The number of hydrogen-bond donors (Lipinski definition) is 0. The largest absolute Gasteiger partial charge is 0.494 e. The van der Waals surface area contributed by atoms with Gasteiger partial charge in [-0.2, -0.15) is 0 Å². The maximum absolute atomic E-state index is 6.22. The van der Waals surface area contributed by atoms with Gasteiger partial charge in [0.25, 0.3) is 0 Å². The molecule has 0 fully saturated rings. The van der Waals surface area contributed by atoms with Crippen molar-refractivity contribution >= 4 is 11.6 Å². The van der Waals surface area contributed by atoms with Crippen LogP contribution in [0.1, 0.15) is 26.3 Å². The van der Waals surface area contributed by atoms with E-state index in [1.807, 2.05) is 45.0 Å². The van der Waals surface area contributed by atoms with Gasteiger partial charge in [0.15, 0.2) is 0 Å². The molecule has 13 heavy (non-hydrogen) atoms. The molecule has 1 aromatic carbocycles. The predicted octanol–water partition coefficient (Wildman–Crippen LogP) is 3.56. The van der Waals surface area contributed by atoms with E-state index in [1.165, 1.54) is 0 Å². The van der Waals surface area contributed by atoms with Crippen molar-refractivity contribution in [3.8, 4) is 5.75 Å². The fourth-order valence-corrected chi connectivity index (χ4v) is 1.40. The van der Waals surface area contributed by atoms with Gasteiger partial charge in [0.05, 0.1) is 11.5 Å². The van der Waals surface area contributed by atoms with E-state index in [1.54, 1.807) is 0 Å². The van der Waals surface area contributed by atoms with Crippen LogP contribution < -0.4 is 4.74 Å². The third-order valence-electron chi connectivity index (χ3n) is 1.83. The van der Waals surface area contributed by atoms with E-state index >= 15 is 0 Å². The molecule has 0 saturated heterocycles. The first-order chi connectivity index (χ1) is 6.05. The lowest BCUT2D eigenvalue weighted by Crippen LogP contribution is -2.10. The van der Waals surface area contributed by atoms with Gasteiger partial charge in [-0.3, -0.25) is 0 Å². The quantitative estimate of drug-likeness (QED) is 0.675. The number of rotatable bonds is 3. The van der Waals surface area contributed by atoms with Crippen molar-refractivity contribution in [3.05, 3.63) is 29.8 Å². The van der Waals surface area contributed by atoms with E-state index in [2.05, 4.69) is 0 Å². The first-order valence-electron chi connectivity index (χ1n) is 4.47. The van der Waals surface area contributed by atoms with Gasteiger partial charge < -0.3 is 4.74 Å². The van der Waals surface area contributed by atoms with Crippen molar-refractivity contribution in [2.45, 2.75) is 25.6 Å². The van der Waals surface area contributed by atoms with Gasteiger partial charge in [-0.05, 0) is 26.8 Å². The lowest BCUT2D eigenvalue weighted by molar-refractivity contribution is 0.334. The minimum atomic E-state index is -0.369. The number of para-hydroxylation sites is 1. The molecule has 0 radical (unpaired) electrons. The summed E-state index contributed by atoms with van der Waals surface area (Å²) >= 11 is 6.22. The molecular formula is C11H15ClO. The Morgan fingerprint density at radius 2 is 1.92 bits per heavy atom. The van der Waals surface area contributed by atoms with Crippen LogP contribution in [0.15, 0.2) is 24.3 Å². The number of benzene rings is 1. The van der Waals surface area contributed by atoms with Gasteiger partial charge in [-0.15, -0.1) is 11.6 Å². The minimum absolute atomic E-state index is 0.369. The van der Waals surface area contributed by atoms with E-state index in [-0.39, 0.29) is 4.87 Å². The van der Waals surface area contributed by atoms with Crippen LogP contribution >= 0.6 is 11.6 Å². The molecule has 0 atom stereocenters. The van der Waals surface area contributed by atoms with E-state index in [4.69, 9.17) is 16.3 Å². The Morgan fingerprint density at radius 3 is 2.46 bits per heavy atom. The topological polar surface area (TPSA) is 9.23 Å². The van der Waals surface area contributed by atoms with Gasteiger partial charge in [0, 0.05) is 5.56 Å². The predicted molar refractivity (Wildman–Crippen MR) is 56.5 cm³/mol. The average Bonchev–Trinajstić information content (AvgIpc) is 2.04. The zero-order valence-corrected chi connectivity index (χ0v) is 9.06. The van der Waals surface area contributed by atoms with Crippen molar-refractivity contribution in [1.29, 1.82) is 0 Å². The van der Waals surface area contributed by atoms with Crippen LogP contribution in [0.3, 0.4) is 0 Å². The molecule has 0 aromatic heterocycles. The smallest absolute Gasteiger partial charge is 0.124 e. The molecule has 0 saturated carbocycles. The van der Waals surface area contributed by atoms with Crippen LogP contribution in [0.5, 0.6) is 5.75 Å². The van der Waals surface area contributed by atoms with Crippen LogP contribution in [-0.4, -0.2) is 6.61 Å². The van der Waals surface area contributed by atoms with Gasteiger partial charge in [-0.25, -0.2) is 0 Å². The second-order valence-corrected chi connectivity index (χ2v) is 4.35.